The Hall–Kier alpha value is -3.62. The molecule has 2 heterocycles. The van der Waals surface area contributed by atoms with Crippen molar-refractivity contribution in [3.8, 4) is 11.1 Å². The van der Waals surface area contributed by atoms with E-state index in [9.17, 15) is 14.7 Å². The summed E-state index contributed by atoms with van der Waals surface area (Å²) in [6, 6.07) is 15.0. The van der Waals surface area contributed by atoms with Crippen LogP contribution in [-0.2, 0) is 19.9 Å². The lowest BCUT2D eigenvalue weighted by Gasteiger charge is -2.36. The number of amides is 1. The molecule has 1 aliphatic heterocycles. The number of aromatic nitrogens is 2. The smallest absolute Gasteiger partial charge is 0.293 e. The zero-order valence-electron chi connectivity index (χ0n) is 18.6. The van der Waals surface area contributed by atoms with E-state index in [4.69, 9.17) is 4.74 Å². The van der Waals surface area contributed by atoms with E-state index in [2.05, 4.69) is 20.6 Å². The molecule has 1 amide bonds. The minimum absolute atomic E-state index is 0.120. The van der Waals surface area contributed by atoms with Crippen molar-refractivity contribution >= 4 is 18.2 Å². The number of aliphatic hydroxyl groups is 1. The number of hydrogen-bond acceptors (Lipinski definition) is 7. The van der Waals surface area contributed by atoms with Gasteiger partial charge in [0.1, 0.15) is 6.10 Å². The Labute approximate surface area is 197 Å². The fourth-order valence-corrected chi connectivity index (χ4v) is 5.31. The summed E-state index contributed by atoms with van der Waals surface area (Å²) in [5.74, 6) is -0.486. The zero-order chi connectivity index (χ0) is 23.5. The molecule has 2 unspecified atom stereocenters. The predicted molar refractivity (Wildman–Crippen MR) is 126 cm³/mol. The van der Waals surface area contributed by atoms with Crippen LogP contribution in [0, 0.1) is 5.92 Å². The van der Waals surface area contributed by atoms with E-state index >= 15 is 0 Å². The van der Waals surface area contributed by atoms with E-state index in [1.165, 1.54) is 18.6 Å². The molecule has 8 heteroatoms. The van der Waals surface area contributed by atoms with Gasteiger partial charge in [0, 0.05) is 24.9 Å². The average Bonchev–Trinajstić information content (AvgIpc) is 3.49. The molecule has 0 radical (unpaired) electrons. The number of hydrogen-bond donors (Lipinski definition) is 3. The van der Waals surface area contributed by atoms with Crippen LogP contribution >= 0.6 is 0 Å². The van der Waals surface area contributed by atoms with Crippen LogP contribution in [0.4, 0.5) is 5.82 Å². The molecule has 1 saturated heterocycles. The van der Waals surface area contributed by atoms with Gasteiger partial charge >= 0.3 is 0 Å². The van der Waals surface area contributed by atoms with Gasteiger partial charge in [-0.05, 0) is 41.6 Å². The van der Waals surface area contributed by atoms with Gasteiger partial charge in [-0.3, -0.25) is 14.6 Å². The molecular weight excluding hydrogens is 432 g/mol. The van der Waals surface area contributed by atoms with Crippen molar-refractivity contribution in [1.29, 1.82) is 0 Å². The quantitative estimate of drug-likeness (QED) is 0.445. The minimum Gasteiger partial charge on any atom is -0.461 e. The molecule has 5 rings (SSSR count). The summed E-state index contributed by atoms with van der Waals surface area (Å²) in [4.78, 5) is 33.2. The molecule has 1 aromatic heterocycles. The fourth-order valence-electron chi connectivity index (χ4n) is 5.31. The average molecular weight is 459 g/mol. The summed E-state index contributed by atoms with van der Waals surface area (Å²) in [5, 5.41) is 18.4. The van der Waals surface area contributed by atoms with Gasteiger partial charge in [-0.25, -0.2) is 4.98 Å². The van der Waals surface area contributed by atoms with Gasteiger partial charge in [0.05, 0.1) is 12.1 Å². The second-order valence-corrected chi connectivity index (χ2v) is 8.70. The van der Waals surface area contributed by atoms with Gasteiger partial charge < -0.3 is 20.5 Å². The number of nitrogens with one attached hydrogen (secondary N) is 2. The minimum atomic E-state index is -1.59. The Kier molecular flexibility index (Phi) is 6.08. The number of ether oxygens (including phenoxy) is 1. The molecule has 8 nitrogen and oxygen atoms in total. The van der Waals surface area contributed by atoms with Crippen LogP contribution in [0.5, 0.6) is 0 Å². The van der Waals surface area contributed by atoms with E-state index in [1.54, 1.807) is 0 Å². The molecule has 174 valence electrons. The molecule has 3 aromatic rings. The largest absolute Gasteiger partial charge is 0.461 e. The number of nitrogens with zero attached hydrogens (tertiary/aromatic N) is 2. The Morgan fingerprint density at radius 1 is 1.18 bits per heavy atom. The van der Waals surface area contributed by atoms with Crippen LogP contribution in [0.1, 0.15) is 30.4 Å². The highest BCUT2D eigenvalue weighted by atomic mass is 16.5. The van der Waals surface area contributed by atoms with E-state index in [0.717, 1.165) is 30.5 Å². The maximum atomic E-state index is 13.4. The van der Waals surface area contributed by atoms with E-state index < -0.39 is 17.6 Å². The first-order chi connectivity index (χ1) is 16.6. The molecule has 1 fully saturated rings. The van der Waals surface area contributed by atoms with Crippen molar-refractivity contribution in [3.05, 3.63) is 78.2 Å². The molecule has 3 atom stereocenters. The first-order valence-electron chi connectivity index (χ1n) is 11.4. The van der Waals surface area contributed by atoms with Crippen LogP contribution in [0.2, 0.25) is 0 Å². The Morgan fingerprint density at radius 3 is 2.47 bits per heavy atom. The third-order valence-electron chi connectivity index (χ3n) is 6.85. The molecule has 3 N–H and O–H groups in total. The number of anilines is 1. The first kappa shape index (κ1) is 22.2. The van der Waals surface area contributed by atoms with Crippen molar-refractivity contribution in [2.75, 3.05) is 11.9 Å². The molecule has 34 heavy (non-hydrogen) atoms. The van der Waals surface area contributed by atoms with E-state index in [1.807, 2.05) is 48.5 Å². The van der Waals surface area contributed by atoms with Crippen LogP contribution < -0.4 is 10.6 Å². The highest BCUT2D eigenvalue weighted by Gasteiger charge is 2.50. The predicted octanol–water partition coefficient (Wildman–Crippen LogP) is 2.63. The Balaban J connectivity index is 1.52. The van der Waals surface area contributed by atoms with Crippen molar-refractivity contribution in [3.63, 3.8) is 0 Å². The molecule has 2 aromatic carbocycles. The lowest BCUT2D eigenvalue weighted by atomic mass is 9.79. The summed E-state index contributed by atoms with van der Waals surface area (Å²) in [5.41, 5.74) is 1.52. The summed E-state index contributed by atoms with van der Waals surface area (Å²) in [6.45, 7) is 1.15. The maximum Gasteiger partial charge on any atom is 0.293 e. The van der Waals surface area contributed by atoms with Crippen LogP contribution in [-0.4, -0.2) is 46.1 Å². The Morgan fingerprint density at radius 2 is 1.88 bits per heavy atom. The lowest BCUT2D eigenvalue weighted by molar-refractivity contribution is -0.150. The van der Waals surface area contributed by atoms with Crippen LogP contribution in [0.25, 0.3) is 11.1 Å². The van der Waals surface area contributed by atoms with Crippen LogP contribution in [0.15, 0.2) is 67.1 Å². The number of carbonyl (C=O) groups is 2. The highest BCUT2D eigenvalue weighted by Crippen LogP contribution is 2.51. The summed E-state index contributed by atoms with van der Waals surface area (Å²) >= 11 is 0. The SMILES string of the molecule is O=COC(CC(C(=O)Nc1cnccn1)[C@H]1CCCN1)C1(O)c2ccccc2-c2ccccc21. The lowest BCUT2D eigenvalue weighted by Crippen LogP contribution is -2.47. The third kappa shape index (κ3) is 3.85. The summed E-state index contributed by atoms with van der Waals surface area (Å²) in [6.07, 6.45) is 5.41. The topological polar surface area (TPSA) is 113 Å². The second-order valence-electron chi connectivity index (χ2n) is 8.70. The van der Waals surface area contributed by atoms with Crippen molar-refractivity contribution in [1.82, 2.24) is 15.3 Å². The third-order valence-corrected chi connectivity index (χ3v) is 6.85. The summed E-state index contributed by atoms with van der Waals surface area (Å²) in [7, 11) is 0. The number of fused-ring (bicyclic) bond motifs is 3. The molecule has 0 saturated carbocycles. The number of carbonyl (C=O) groups excluding carboxylic acids is 2. The van der Waals surface area contributed by atoms with Gasteiger partial charge in [-0.15, -0.1) is 0 Å². The maximum absolute atomic E-state index is 13.4. The van der Waals surface area contributed by atoms with Gasteiger partial charge in [-0.2, -0.15) is 0 Å². The molecule has 0 bridgehead atoms. The monoisotopic (exact) mass is 458 g/mol. The Bertz CT molecular complexity index is 1130. The van der Waals surface area contributed by atoms with Gasteiger partial charge in [-0.1, -0.05) is 48.5 Å². The molecule has 1 aliphatic carbocycles. The standard InChI is InChI=1S/C26H26N4O4/c31-16-34-23(26(33)20-8-3-1-6-17(20)18-7-2-4-9-21(18)26)14-19(22-10-5-11-28-22)25(32)30-24-15-27-12-13-29-24/h1-4,6-9,12-13,15-16,19,22-23,28,33H,5,10-11,14H2,(H,29,30,32)/t19?,22-,23?/m1/s1. The first-order valence-corrected chi connectivity index (χ1v) is 11.4. The van der Waals surface area contributed by atoms with Crippen molar-refractivity contribution in [2.24, 2.45) is 5.92 Å². The van der Waals surface area contributed by atoms with Gasteiger partial charge in [0.25, 0.3) is 6.47 Å². The second kappa shape index (κ2) is 9.32. The van der Waals surface area contributed by atoms with Crippen LogP contribution in [0.3, 0.4) is 0 Å². The molecule has 0 spiro atoms. The van der Waals surface area contributed by atoms with E-state index in [-0.39, 0.29) is 18.4 Å². The highest BCUT2D eigenvalue weighted by molar-refractivity contribution is 5.92. The zero-order valence-corrected chi connectivity index (χ0v) is 18.6. The molecule has 2 aliphatic rings. The van der Waals surface area contributed by atoms with Crippen molar-refractivity contribution < 1.29 is 19.4 Å². The molecular formula is C26H26N4O4. The van der Waals surface area contributed by atoms with Gasteiger partial charge in [0.2, 0.25) is 5.91 Å². The number of rotatable bonds is 8. The summed E-state index contributed by atoms with van der Waals surface area (Å²) < 4.78 is 5.57. The van der Waals surface area contributed by atoms with Gasteiger partial charge in [0.15, 0.2) is 11.4 Å². The fraction of sp³-hybridized carbons (Fsp3) is 0.308. The van der Waals surface area contributed by atoms with Crippen molar-refractivity contribution in [2.45, 2.75) is 37.0 Å². The number of benzene rings is 2. The normalized spacial score (nSPS) is 19.5. The van der Waals surface area contributed by atoms with E-state index in [0.29, 0.717) is 23.4 Å².